The van der Waals surface area contributed by atoms with E-state index >= 15 is 0 Å². The summed E-state index contributed by atoms with van der Waals surface area (Å²) in [5.74, 6) is 1.02. The Hall–Kier alpha value is -0.203. The molecule has 2 atom stereocenters. The SMILES string of the molecule is CC(C)[Si]1(C(C)C)OC[C@H]2SC(SCc3ccccc3)=C[C@@H]2O1. The van der Waals surface area contributed by atoms with Crippen LogP contribution in [0.15, 0.2) is 40.6 Å². The molecule has 2 aliphatic rings. The molecule has 0 aromatic heterocycles. The van der Waals surface area contributed by atoms with Gasteiger partial charge in [-0.15, -0.1) is 23.5 Å². The maximum atomic E-state index is 6.61. The first-order valence-corrected chi connectivity index (χ1v) is 12.2. The summed E-state index contributed by atoms with van der Waals surface area (Å²) in [5, 5.41) is 0.436. The van der Waals surface area contributed by atoms with Crippen LogP contribution in [0.2, 0.25) is 11.1 Å². The van der Waals surface area contributed by atoms with Crippen LogP contribution in [0.5, 0.6) is 0 Å². The predicted octanol–water partition coefficient (Wildman–Crippen LogP) is 5.55. The molecule has 0 amide bonds. The molecular weight excluding hydrogens is 340 g/mol. The summed E-state index contributed by atoms with van der Waals surface area (Å²) >= 11 is 3.86. The van der Waals surface area contributed by atoms with Gasteiger partial charge in [0.2, 0.25) is 0 Å². The predicted molar refractivity (Wildman–Crippen MR) is 104 cm³/mol. The fourth-order valence-corrected chi connectivity index (χ4v) is 9.67. The molecule has 1 saturated heterocycles. The molecule has 0 aliphatic carbocycles. The molecule has 23 heavy (non-hydrogen) atoms. The Morgan fingerprint density at radius 1 is 1.17 bits per heavy atom. The summed E-state index contributed by atoms with van der Waals surface area (Å²) in [6.45, 7) is 9.85. The molecule has 5 heteroatoms. The third-order valence-electron chi connectivity index (χ3n) is 4.56. The lowest BCUT2D eigenvalue weighted by Gasteiger charge is -2.44. The van der Waals surface area contributed by atoms with E-state index in [1.165, 1.54) is 9.80 Å². The molecule has 126 valence electrons. The average Bonchev–Trinajstić information content (AvgIpc) is 2.95. The number of hydrogen-bond acceptors (Lipinski definition) is 4. The summed E-state index contributed by atoms with van der Waals surface area (Å²) in [6.07, 6.45) is 2.58. The molecule has 2 nitrogen and oxygen atoms in total. The minimum Gasteiger partial charge on any atom is -0.393 e. The molecule has 0 radical (unpaired) electrons. The molecule has 0 unspecified atom stereocenters. The molecule has 2 heterocycles. The quantitative estimate of drug-likeness (QED) is 0.635. The van der Waals surface area contributed by atoms with Crippen LogP contribution in [0, 0.1) is 0 Å². The van der Waals surface area contributed by atoms with E-state index in [1.54, 1.807) is 0 Å². The highest BCUT2D eigenvalue weighted by molar-refractivity contribution is 8.22. The maximum Gasteiger partial charge on any atom is 0.344 e. The number of thioether (sulfide) groups is 2. The fourth-order valence-electron chi connectivity index (χ4n) is 3.28. The lowest BCUT2D eigenvalue weighted by Crippen LogP contribution is -2.57. The van der Waals surface area contributed by atoms with E-state index in [0.29, 0.717) is 16.3 Å². The lowest BCUT2D eigenvalue weighted by atomic mass is 10.2. The fraction of sp³-hybridized carbons (Fsp3) is 0.556. The van der Waals surface area contributed by atoms with Crippen LogP contribution in [-0.2, 0) is 14.6 Å². The summed E-state index contributed by atoms with van der Waals surface area (Å²) in [7, 11) is -2.11. The van der Waals surface area contributed by atoms with Crippen molar-refractivity contribution in [2.24, 2.45) is 0 Å². The molecule has 1 fully saturated rings. The van der Waals surface area contributed by atoms with E-state index in [2.05, 4.69) is 64.1 Å². The zero-order valence-electron chi connectivity index (χ0n) is 14.3. The second kappa shape index (κ2) is 7.36. The Labute approximate surface area is 149 Å². The van der Waals surface area contributed by atoms with Crippen molar-refractivity contribution in [1.29, 1.82) is 0 Å². The summed E-state index contributed by atoms with van der Waals surface area (Å²) in [5.41, 5.74) is 2.35. The van der Waals surface area contributed by atoms with Gasteiger partial charge >= 0.3 is 8.56 Å². The van der Waals surface area contributed by atoms with Gasteiger partial charge in [-0.1, -0.05) is 58.0 Å². The van der Waals surface area contributed by atoms with Crippen molar-refractivity contribution >= 4 is 32.1 Å². The third kappa shape index (κ3) is 3.74. The zero-order valence-corrected chi connectivity index (χ0v) is 17.0. The Morgan fingerprint density at radius 3 is 2.52 bits per heavy atom. The molecule has 0 saturated carbocycles. The molecule has 1 aromatic carbocycles. The first kappa shape index (κ1) is 17.6. The van der Waals surface area contributed by atoms with Gasteiger partial charge in [-0.3, -0.25) is 0 Å². The molecular formula is C18H26O2S2Si. The number of fused-ring (bicyclic) bond motifs is 1. The van der Waals surface area contributed by atoms with Gasteiger partial charge in [-0.25, -0.2) is 0 Å². The lowest BCUT2D eigenvalue weighted by molar-refractivity contribution is 0.0684. The van der Waals surface area contributed by atoms with E-state index in [-0.39, 0.29) is 6.10 Å². The topological polar surface area (TPSA) is 18.5 Å². The highest BCUT2D eigenvalue weighted by Gasteiger charge is 2.52. The van der Waals surface area contributed by atoms with Gasteiger partial charge in [0, 0.05) is 9.99 Å². The average molecular weight is 367 g/mol. The molecule has 3 rings (SSSR count). The van der Waals surface area contributed by atoms with E-state index in [1.807, 2.05) is 23.5 Å². The van der Waals surface area contributed by atoms with Crippen LogP contribution in [0.4, 0.5) is 0 Å². The highest BCUT2D eigenvalue weighted by Crippen LogP contribution is 2.48. The van der Waals surface area contributed by atoms with Gasteiger partial charge in [0.05, 0.1) is 18.0 Å². The third-order valence-corrected chi connectivity index (χ3v) is 11.7. The normalized spacial score (nSPS) is 26.4. The minimum atomic E-state index is -2.11. The Balaban J connectivity index is 1.65. The van der Waals surface area contributed by atoms with Gasteiger partial charge in [-0.2, -0.15) is 0 Å². The molecule has 0 spiro atoms. The number of benzene rings is 1. The molecule has 2 aliphatic heterocycles. The van der Waals surface area contributed by atoms with Crippen LogP contribution >= 0.6 is 23.5 Å². The number of hydrogen-bond donors (Lipinski definition) is 0. The smallest absolute Gasteiger partial charge is 0.344 e. The number of rotatable bonds is 5. The standard InChI is InChI=1S/C18H26O2S2Si/c1-13(2)23(14(3)4)19-11-17-16(20-23)10-18(22-17)21-12-15-8-6-5-7-9-15/h5-10,13-14,16-17H,11-12H2,1-4H3/t16-,17+/m0/s1. The first-order valence-electron chi connectivity index (χ1n) is 8.38. The van der Waals surface area contributed by atoms with Crippen molar-refractivity contribution in [2.75, 3.05) is 6.61 Å². The summed E-state index contributed by atoms with van der Waals surface area (Å²) in [6, 6.07) is 10.7. The second-order valence-electron chi connectivity index (χ2n) is 6.84. The monoisotopic (exact) mass is 366 g/mol. The van der Waals surface area contributed by atoms with Crippen molar-refractivity contribution in [2.45, 2.75) is 55.9 Å². The van der Waals surface area contributed by atoms with Crippen LogP contribution in [0.25, 0.3) is 0 Å². The van der Waals surface area contributed by atoms with Crippen molar-refractivity contribution in [3.63, 3.8) is 0 Å². The summed E-state index contributed by atoms with van der Waals surface area (Å²) in [4.78, 5) is 0. The summed E-state index contributed by atoms with van der Waals surface area (Å²) < 4.78 is 14.4. The zero-order chi connectivity index (χ0) is 16.4. The molecule has 0 N–H and O–H groups in total. The van der Waals surface area contributed by atoms with E-state index in [0.717, 1.165) is 12.4 Å². The van der Waals surface area contributed by atoms with Crippen LogP contribution in [0.1, 0.15) is 33.3 Å². The largest absolute Gasteiger partial charge is 0.393 e. The van der Waals surface area contributed by atoms with Gasteiger partial charge in [-0.05, 0) is 22.7 Å². The minimum absolute atomic E-state index is 0.239. The van der Waals surface area contributed by atoms with E-state index in [4.69, 9.17) is 8.85 Å². The van der Waals surface area contributed by atoms with Crippen molar-refractivity contribution in [1.82, 2.24) is 0 Å². The van der Waals surface area contributed by atoms with Gasteiger partial charge in [0.25, 0.3) is 0 Å². The highest BCUT2D eigenvalue weighted by atomic mass is 32.2. The van der Waals surface area contributed by atoms with E-state index in [9.17, 15) is 0 Å². The molecule has 0 bridgehead atoms. The van der Waals surface area contributed by atoms with Gasteiger partial charge < -0.3 is 8.85 Å². The Bertz CT molecular complexity index is 551. The van der Waals surface area contributed by atoms with Crippen LogP contribution in [0.3, 0.4) is 0 Å². The van der Waals surface area contributed by atoms with Crippen molar-refractivity contribution < 1.29 is 8.85 Å². The van der Waals surface area contributed by atoms with Crippen molar-refractivity contribution in [3.05, 3.63) is 46.2 Å². The molecule has 1 aromatic rings. The van der Waals surface area contributed by atoms with Crippen LogP contribution < -0.4 is 0 Å². The first-order chi connectivity index (χ1) is 11.0. The van der Waals surface area contributed by atoms with Gasteiger partial charge in [0.1, 0.15) is 0 Å². The second-order valence-corrected chi connectivity index (χ2v) is 13.7. The maximum absolute atomic E-state index is 6.61. The van der Waals surface area contributed by atoms with Crippen LogP contribution in [-0.4, -0.2) is 26.5 Å². The van der Waals surface area contributed by atoms with Crippen molar-refractivity contribution in [3.8, 4) is 0 Å². The Morgan fingerprint density at radius 2 is 1.87 bits per heavy atom. The van der Waals surface area contributed by atoms with E-state index < -0.39 is 8.56 Å². The Kier molecular flexibility index (Phi) is 5.63. The van der Waals surface area contributed by atoms with Gasteiger partial charge in [0.15, 0.2) is 0 Å².